The second kappa shape index (κ2) is 6.34. The highest BCUT2D eigenvalue weighted by atomic mass is 16.5. The summed E-state index contributed by atoms with van der Waals surface area (Å²) in [6, 6.07) is -0.0339. The Bertz CT molecular complexity index is 389. The van der Waals surface area contributed by atoms with E-state index >= 15 is 0 Å². The van der Waals surface area contributed by atoms with Crippen LogP contribution in [-0.2, 0) is 14.3 Å². The third kappa shape index (κ3) is 3.76. The Balaban J connectivity index is 1.98. The van der Waals surface area contributed by atoms with Crippen LogP contribution in [0, 0.1) is 11.3 Å². The van der Waals surface area contributed by atoms with Crippen LogP contribution in [0.15, 0.2) is 0 Å². The number of nitrogens with one attached hydrogen (secondary N) is 1. The number of carbonyl (C=O) groups is 2. The first-order valence-electron chi connectivity index (χ1n) is 7.95. The average molecular weight is 296 g/mol. The maximum atomic E-state index is 12.5. The first-order valence-corrected chi connectivity index (χ1v) is 7.95. The molecule has 2 saturated heterocycles. The van der Waals surface area contributed by atoms with Gasteiger partial charge in [-0.15, -0.1) is 0 Å². The molecule has 5 heteroatoms. The Hall–Kier alpha value is -1.10. The molecule has 1 amide bonds. The lowest BCUT2D eigenvalue weighted by atomic mass is 9.86. The summed E-state index contributed by atoms with van der Waals surface area (Å²) < 4.78 is 4.83. The standard InChI is InChI=1S/C16H28N2O3/c1-16(2,3)13(15(20)21-4)17-14(19)11-9-12-7-5-6-8-18(12)10-11/h11-13H,5-10H2,1-4H3,(H,17,19)/t11-,12-,13+/m0/s1. The molecule has 2 aliphatic heterocycles. The molecule has 0 unspecified atom stereocenters. The van der Waals surface area contributed by atoms with E-state index in [9.17, 15) is 9.59 Å². The number of fused-ring (bicyclic) bond motifs is 1. The minimum atomic E-state index is -0.590. The molecule has 2 aliphatic rings. The van der Waals surface area contributed by atoms with Crippen molar-refractivity contribution in [3.63, 3.8) is 0 Å². The number of hydrogen-bond donors (Lipinski definition) is 1. The van der Waals surface area contributed by atoms with E-state index in [2.05, 4.69) is 10.2 Å². The van der Waals surface area contributed by atoms with E-state index in [-0.39, 0.29) is 23.2 Å². The molecule has 2 heterocycles. The summed E-state index contributed by atoms with van der Waals surface area (Å²) in [5.41, 5.74) is -0.353. The monoisotopic (exact) mass is 296 g/mol. The van der Waals surface area contributed by atoms with Gasteiger partial charge < -0.3 is 10.1 Å². The fourth-order valence-electron chi connectivity index (χ4n) is 3.45. The van der Waals surface area contributed by atoms with E-state index in [4.69, 9.17) is 4.74 Å². The van der Waals surface area contributed by atoms with Crippen molar-refractivity contribution in [3.8, 4) is 0 Å². The first-order chi connectivity index (χ1) is 9.82. The van der Waals surface area contributed by atoms with Gasteiger partial charge in [0.15, 0.2) is 0 Å². The molecule has 2 rings (SSSR count). The number of ether oxygens (including phenoxy) is 1. The number of rotatable bonds is 3. The Morgan fingerprint density at radius 3 is 2.57 bits per heavy atom. The second-order valence-corrected chi connectivity index (χ2v) is 7.41. The van der Waals surface area contributed by atoms with Gasteiger partial charge in [-0.25, -0.2) is 4.79 Å². The van der Waals surface area contributed by atoms with E-state index in [1.807, 2.05) is 20.8 Å². The molecule has 3 atom stereocenters. The molecule has 1 N–H and O–H groups in total. The number of nitrogens with zero attached hydrogens (tertiary/aromatic N) is 1. The van der Waals surface area contributed by atoms with Crippen molar-refractivity contribution in [2.45, 2.75) is 58.5 Å². The van der Waals surface area contributed by atoms with E-state index < -0.39 is 6.04 Å². The van der Waals surface area contributed by atoms with Crippen molar-refractivity contribution < 1.29 is 14.3 Å². The molecule has 0 aromatic carbocycles. The number of esters is 1. The van der Waals surface area contributed by atoms with Crippen LogP contribution in [0.3, 0.4) is 0 Å². The summed E-state index contributed by atoms with van der Waals surface area (Å²) >= 11 is 0. The lowest BCUT2D eigenvalue weighted by molar-refractivity contribution is -0.148. The Morgan fingerprint density at radius 1 is 1.29 bits per heavy atom. The van der Waals surface area contributed by atoms with Gasteiger partial charge in [0.1, 0.15) is 6.04 Å². The van der Waals surface area contributed by atoms with E-state index in [1.165, 1.54) is 26.4 Å². The zero-order chi connectivity index (χ0) is 15.6. The highest BCUT2D eigenvalue weighted by molar-refractivity contribution is 5.86. The normalized spacial score (nSPS) is 27.8. The van der Waals surface area contributed by atoms with Crippen molar-refractivity contribution in [2.75, 3.05) is 20.2 Å². The van der Waals surface area contributed by atoms with Crippen LogP contribution in [0.1, 0.15) is 46.5 Å². The van der Waals surface area contributed by atoms with Crippen LogP contribution in [-0.4, -0.2) is 49.1 Å². The number of hydrogen-bond acceptors (Lipinski definition) is 4. The highest BCUT2D eigenvalue weighted by Crippen LogP contribution is 2.31. The molecule has 5 nitrogen and oxygen atoms in total. The summed E-state index contributed by atoms with van der Waals surface area (Å²) in [5, 5.41) is 2.92. The maximum absolute atomic E-state index is 12.5. The van der Waals surface area contributed by atoms with Gasteiger partial charge in [0, 0.05) is 12.6 Å². The Kier molecular flexibility index (Phi) is 4.91. The van der Waals surface area contributed by atoms with Crippen molar-refractivity contribution in [3.05, 3.63) is 0 Å². The van der Waals surface area contributed by atoms with Crippen molar-refractivity contribution in [2.24, 2.45) is 11.3 Å². The Labute approximate surface area is 127 Å². The average Bonchev–Trinajstić information content (AvgIpc) is 2.86. The minimum absolute atomic E-state index is 0.00241. The smallest absolute Gasteiger partial charge is 0.328 e. The van der Waals surface area contributed by atoms with Gasteiger partial charge in [-0.1, -0.05) is 27.2 Å². The van der Waals surface area contributed by atoms with Gasteiger partial charge in [0.2, 0.25) is 5.91 Å². The largest absolute Gasteiger partial charge is 0.467 e. The van der Waals surface area contributed by atoms with Crippen molar-refractivity contribution in [1.29, 1.82) is 0 Å². The number of amides is 1. The molecule has 0 saturated carbocycles. The van der Waals surface area contributed by atoms with Crippen LogP contribution < -0.4 is 5.32 Å². The molecule has 120 valence electrons. The van der Waals surface area contributed by atoms with Gasteiger partial charge in [-0.3, -0.25) is 9.69 Å². The zero-order valence-corrected chi connectivity index (χ0v) is 13.6. The molecule has 21 heavy (non-hydrogen) atoms. The quantitative estimate of drug-likeness (QED) is 0.803. The summed E-state index contributed by atoms with van der Waals surface area (Å²) in [6.45, 7) is 7.75. The molecule has 2 fully saturated rings. The lowest BCUT2D eigenvalue weighted by Crippen LogP contribution is -2.51. The second-order valence-electron chi connectivity index (χ2n) is 7.41. The number of carbonyl (C=O) groups excluding carboxylic acids is 2. The lowest BCUT2D eigenvalue weighted by Gasteiger charge is -2.30. The van der Waals surface area contributed by atoms with Gasteiger partial charge in [0.25, 0.3) is 0 Å². The number of piperidine rings is 1. The van der Waals surface area contributed by atoms with Crippen LogP contribution in [0.2, 0.25) is 0 Å². The third-order valence-corrected chi connectivity index (χ3v) is 4.72. The fraction of sp³-hybridized carbons (Fsp3) is 0.875. The molecule has 0 radical (unpaired) electrons. The topological polar surface area (TPSA) is 58.6 Å². The number of methoxy groups -OCH3 is 1. The molecule has 0 aromatic rings. The van der Waals surface area contributed by atoms with Crippen molar-refractivity contribution in [1.82, 2.24) is 10.2 Å². The summed E-state index contributed by atoms with van der Waals surface area (Å²) in [5.74, 6) is -0.371. The summed E-state index contributed by atoms with van der Waals surface area (Å²) in [6.07, 6.45) is 4.62. The SMILES string of the molecule is COC(=O)[C@@H](NC(=O)[C@H]1C[C@@H]2CCCCN2C1)C(C)(C)C. The predicted molar refractivity (Wildman–Crippen MR) is 80.7 cm³/mol. The molecular formula is C16H28N2O3. The summed E-state index contributed by atoms with van der Waals surface area (Å²) in [4.78, 5) is 26.9. The summed E-state index contributed by atoms with van der Waals surface area (Å²) in [7, 11) is 1.36. The minimum Gasteiger partial charge on any atom is -0.467 e. The highest BCUT2D eigenvalue weighted by Gasteiger charge is 2.40. The molecule has 0 bridgehead atoms. The molecule has 0 aromatic heterocycles. The predicted octanol–water partition coefficient (Wildman–Crippen LogP) is 1.56. The molecule has 0 aliphatic carbocycles. The van der Waals surface area contributed by atoms with Gasteiger partial charge in [0.05, 0.1) is 13.0 Å². The van der Waals surface area contributed by atoms with E-state index in [0.29, 0.717) is 6.04 Å². The zero-order valence-electron chi connectivity index (χ0n) is 13.6. The fourth-order valence-corrected chi connectivity index (χ4v) is 3.45. The third-order valence-electron chi connectivity index (χ3n) is 4.72. The first kappa shape index (κ1) is 16.3. The van der Waals surface area contributed by atoms with Gasteiger partial charge >= 0.3 is 5.97 Å². The van der Waals surface area contributed by atoms with E-state index in [0.717, 1.165) is 19.5 Å². The van der Waals surface area contributed by atoms with Gasteiger partial charge in [-0.2, -0.15) is 0 Å². The molecular weight excluding hydrogens is 268 g/mol. The van der Waals surface area contributed by atoms with Crippen LogP contribution in [0.25, 0.3) is 0 Å². The Morgan fingerprint density at radius 2 is 2.00 bits per heavy atom. The maximum Gasteiger partial charge on any atom is 0.328 e. The van der Waals surface area contributed by atoms with E-state index in [1.54, 1.807) is 0 Å². The molecule has 0 spiro atoms. The van der Waals surface area contributed by atoms with Crippen LogP contribution in [0.4, 0.5) is 0 Å². The van der Waals surface area contributed by atoms with Crippen LogP contribution >= 0.6 is 0 Å². The van der Waals surface area contributed by atoms with Gasteiger partial charge in [-0.05, 0) is 31.2 Å². The van der Waals surface area contributed by atoms with Crippen LogP contribution in [0.5, 0.6) is 0 Å². The van der Waals surface area contributed by atoms with Crippen molar-refractivity contribution >= 4 is 11.9 Å².